The zero-order valence-corrected chi connectivity index (χ0v) is 23.9. The third kappa shape index (κ3) is 3.04. The lowest BCUT2D eigenvalue weighted by Crippen LogP contribution is -2.76. The number of aryl methyl sites for hydroxylation is 1. The number of aliphatic hydroxyl groups is 3. The molecule has 3 heterocycles. The molecule has 232 valence electrons. The van der Waals surface area contributed by atoms with E-state index in [1.807, 2.05) is 0 Å². The topological polar surface area (TPSA) is 206 Å². The highest BCUT2D eigenvalue weighted by atomic mass is 16.6. The zero-order valence-electron chi connectivity index (χ0n) is 23.9. The molecule has 1 saturated heterocycles. The fraction of sp³-hybridized carbons (Fsp3) is 0.484. The molecule has 2 saturated carbocycles. The van der Waals surface area contributed by atoms with Crippen molar-refractivity contribution >= 4 is 23.5 Å². The van der Waals surface area contributed by atoms with E-state index in [0.29, 0.717) is 6.42 Å². The molecule has 44 heavy (non-hydrogen) atoms. The first-order valence-corrected chi connectivity index (χ1v) is 14.3. The molecule has 2 bridgehead atoms. The van der Waals surface area contributed by atoms with Crippen molar-refractivity contribution in [2.75, 3.05) is 7.11 Å². The number of fused-ring (bicyclic) bond motifs is 3. The first kappa shape index (κ1) is 28.6. The summed E-state index contributed by atoms with van der Waals surface area (Å²) in [6.45, 7) is 3.15. The number of aromatic hydroxyl groups is 2. The summed E-state index contributed by atoms with van der Waals surface area (Å²) < 4.78 is 22.4. The summed E-state index contributed by atoms with van der Waals surface area (Å²) in [6, 6.07) is 3.83. The van der Waals surface area contributed by atoms with Gasteiger partial charge in [-0.15, -0.1) is 0 Å². The van der Waals surface area contributed by atoms with Gasteiger partial charge in [0, 0.05) is 11.1 Å². The smallest absolute Gasteiger partial charge is 0.357 e. The Morgan fingerprint density at radius 3 is 2.48 bits per heavy atom. The second-order valence-corrected chi connectivity index (χ2v) is 12.4. The lowest BCUT2D eigenvalue weighted by molar-refractivity contribution is -0.192. The number of aliphatic hydroxyl groups excluding tert-OH is 2. The van der Waals surface area contributed by atoms with Gasteiger partial charge in [-0.3, -0.25) is 9.59 Å². The van der Waals surface area contributed by atoms with E-state index in [-0.39, 0.29) is 53.0 Å². The Balaban J connectivity index is 1.45. The van der Waals surface area contributed by atoms with Crippen molar-refractivity contribution in [2.24, 2.45) is 11.8 Å². The Morgan fingerprint density at radius 1 is 1.05 bits per heavy atom. The molecule has 2 unspecified atom stereocenters. The number of methoxy groups -OCH3 is 1. The molecule has 2 aliphatic carbocycles. The maximum atomic E-state index is 14.1. The van der Waals surface area contributed by atoms with Gasteiger partial charge in [-0.2, -0.15) is 0 Å². The predicted molar refractivity (Wildman–Crippen MR) is 145 cm³/mol. The van der Waals surface area contributed by atoms with Crippen LogP contribution in [0.15, 0.2) is 18.2 Å². The van der Waals surface area contributed by atoms with E-state index in [4.69, 9.17) is 18.9 Å². The lowest BCUT2D eigenvalue weighted by Gasteiger charge is -2.49. The first-order valence-electron chi connectivity index (χ1n) is 14.3. The van der Waals surface area contributed by atoms with Crippen LogP contribution in [0.4, 0.5) is 0 Å². The van der Waals surface area contributed by atoms with Crippen molar-refractivity contribution in [3.05, 3.63) is 34.9 Å². The van der Waals surface area contributed by atoms with Crippen LogP contribution in [-0.2, 0) is 19.1 Å². The van der Waals surface area contributed by atoms with Crippen LogP contribution in [0.25, 0.3) is 11.1 Å². The average molecular weight is 611 g/mol. The minimum Gasteiger partial charge on any atom is -0.507 e. The molecule has 2 aromatic carbocycles. The number of benzene rings is 2. The van der Waals surface area contributed by atoms with Gasteiger partial charge in [0.05, 0.1) is 13.0 Å². The lowest BCUT2D eigenvalue weighted by atomic mass is 9.62. The number of ketones is 2. The maximum Gasteiger partial charge on any atom is 0.357 e. The van der Waals surface area contributed by atoms with Gasteiger partial charge < -0.3 is 44.5 Å². The van der Waals surface area contributed by atoms with Gasteiger partial charge in [-0.05, 0) is 62.3 Å². The van der Waals surface area contributed by atoms with Crippen LogP contribution in [0.3, 0.4) is 0 Å². The molecule has 2 aromatic rings. The zero-order chi connectivity index (χ0) is 31.7. The molecule has 0 radical (unpaired) electrons. The summed E-state index contributed by atoms with van der Waals surface area (Å²) in [7, 11) is 1.09. The van der Waals surface area contributed by atoms with E-state index >= 15 is 0 Å². The molecular formula is C31H30O13. The number of carbonyl (C=O) groups excluding carboxylic acids is 4. The normalized spacial score (nSPS) is 36.6. The summed E-state index contributed by atoms with van der Waals surface area (Å²) >= 11 is 0. The molecule has 7 rings (SSSR count). The molecule has 3 aliphatic heterocycles. The molecule has 8 atom stereocenters. The second-order valence-electron chi connectivity index (χ2n) is 12.4. The van der Waals surface area contributed by atoms with Crippen molar-refractivity contribution in [3.63, 3.8) is 0 Å². The largest absolute Gasteiger partial charge is 0.507 e. The number of hydrogen-bond acceptors (Lipinski definition) is 13. The van der Waals surface area contributed by atoms with Gasteiger partial charge >= 0.3 is 11.9 Å². The van der Waals surface area contributed by atoms with Crippen LogP contribution < -0.4 is 9.47 Å². The molecule has 13 heteroatoms. The van der Waals surface area contributed by atoms with Gasteiger partial charge in [-0.25, -0.2) is 9.59 Å². The summed E-state index contributed by atoms with van der Waals surface area (Å²) in [5.74, 6) is -7.40. The molecule has 3 fully saturated rings. The molecule has 13 nitrogen and oxygen atoms in total. The number of rotatable bonds is 2. The summed E-state index contributed by atoms with van der Waals surface area (Å²) in [4.78, 5) is 54.2. The van der Waals surface area contributed by atoms with E-state index < -0.39 is 87.5 Å². The molecular weight excluding hydrogens is 580 g/mol. The van der Waals surface area contributed by atoms with E-state index in [0.717, 1.165) is 7.11 Å². The Morgan fingerprint density at radius 2 is 1.77 bits per heavy atom. The minimum atomic E-state index is -2.66. The number of esters is 2. The molecule has 5 aliphatic rings. The van der Waals surface area contributed by atoms with E-state index in [1.165, 1.54) is 25.1 Å². The van der Waals surface area contributed by atoms with Crippen LogP contribution in [0.1, 0.15) is 58.9 Å². The molecule has 5 N–H and O–H groups in total. The second kappa shape index (κ2) is 8.93. The Labute approximate surface area is 249 Å². The summed E-state index contributed by atoms with van der Waals surface area (Å²) in [6.07, 6.45) is -3.73. The van der Waals surface area contributed by atoms with E-state index in [9.17, 15) is 44.7 Å². The van der Waals surface area contributed by atoms with Crippen LogP contribution in [0.5, 0.6) is 23.0 Å². The summed E-state index contributed by atoms with van der Waals surface area (Å²) in [5, 5.41) is 56.4. The van der Waals surface area contributed by atoms with Crippen molar-refractivity contribution in [1.29, 1.82) is 0 Å². The van der Waals surface area contributed by atoms with E-state index in [1.54, 1.807) is 6.92 Å². The van der Waals surface area contributed by atoms with E-state index in [2.05, 4.69) is 0 Å². The Kier molecular flexibility index (Phi) is 5.80. The molecule has 0 amide bonds. The van der Waals surface area contributed by atoms with Crippen LogP contribution >= 0.6 is 0 Å². The average Bonchev–Trinajstić information content (AvgIpc) is 3.14. The Hall–Kier alpha value is -4.20. The van der Waals surface area contributed by atoms with Crippen molar-refractivity contribution < 1.29 is 63.7 Å². The predicted octanol–water partition coefficient (Wildman–Crippen LogP) is 1.09. The van der Waals surface area contributed by atoms with Gasteiger partial charge in [-0.1, -0.05) is 6.92 Å². The highest BCUT2D eigenvalue weighted by molar-refractivity contribution is 6.16. The van der Waals surface area contributed by atoms with Crippen molar-refractivity contribution in [2.45, 2.75) is 74.6 Å². The fourth-order valence-corrected chi connectivity index (χ4v) is 7.98. The fourth-order valence-electron chi connectivity index (χ4n) is 7.98. The van der Waals surface area contributed by atoms with Gasteiger partial charge in [0.1, 0.15) is 52.4 Å². The number of Topliss-reactive ketones (excluding diaryl/α,β-unsaturated/α-hetero) is 2. The standard InChI is InChI=1S/C31H30O13/c1-11-9-15(32)20-23(35)14-5-4-6-17(33)29(14,27(38)41-3)44-24(20)19(11)13-7-8-16-21(22(13)34)26(37)30(40)18-10-12(2)25(36)31(30,43-16)28(39)42-18/h7-9,12,14,17-18,25,32-34,36,40H,4-6,10H2,1-3H3/t12-,14?,17+,18+,25-,29-,30-,31?/m1/s1. The number of phenolic OH excluding ortho intramolecular Hbond substituents is 2. The SMILES string of the molecule is COC(=O)[C@@]12Oc3c(c(O)cc(C)c3-c3ccc4c(c3O)C(=O)[C@]3(O)[C@@H]5C[C@@H](C)[C@@H](O)C3(O4)C(=O)O5)C(=O)C1CCC[C@@H]2O. The Bertz CT molecular complexity index is 1700. The first-order chi connectivity index (χ1) is 20.8. The highest BCUT2D eigenvalue weighted by Gasteiger charge is 2.81. The number of ether oxygens (including phenoxy) is 4. The highest BCUT2D eigenvalue weighted by Crippen LogP contribution is 2.59. The number of hydrogen-bond donors (Lipinski definition) is 5. The third-order valence-electron chi connectivity index (χ3n) is 10.2. The van der Waals surface area contributed by atoms with Crippen LogP contribution in [-0.4, -0.2) is 91.3 Å². The van der Waals surface area contributed by atoms with Crippen molar-refractivity contribution in [1.82, 2.24) is 0 Å². The van der Waals surface area contributed by atoms with Gasteiger partial charge in [0.2, 0.25) is 17.0 Å². The third-order valence-corrected chi connectivity index (χ3v) is 10.2. The number of carbonyl (C=O) groups is 4. The van der Waals surface area contributed by atoms with Crippen molar-refractivity contribution in [3.8, 4) is 34.1 Å². The monoisotopic (exact) mass is 610 g/mol. The van der Waals surface area contributed by atoms with Gasteiger partial charge in [0.25, 0.3) is 5.60 Å². The summed E-state index contributed by atoms with van der Waals surface area (Å²) in [5.41, 5.74) is -7.86. The minimum absolute atomic E-state index is 0.0126. The van der Waals surface area contributed by atoms with Crippen LogP contribution in [0.2, 0.25) is 0 Å². The quantitative estimate of drug-likeness (QED) is 0.302. The molecule has 0 aromatic heterocycles. The molecule has 0 spiro atoms. The number of phenols is 2. The maximum absolute atomic E-state index is 14.1. The van der Waals surface area contributed by atoms with Gasteiger partial charge in [0.15, 0.2) is 5.78 Å². The van der Waals surface area contributed by atoms with Crippen LogP contribution in [0, 0.1) is 18.8 Å².